The molecule has 2 rings (SSSR count). The van der Waals surface area contributed by atoms with Crippen molar-refractivity contribution < 1.29 is 9.72 Å². The molecule has 7 nitrogen and oxygen atoms in total. The number of nitrogens with zero attached hydrogens (tertiary/aromatic N) is 3. The minimum absolute atomic E-state index is 0.110. The van der Waals surface area contributed by atoms with Gasteiger partial charge in [-0.15, -0.1) is 0 Å². The predicted octanol–water partition coefficient (Wildman–Crippen LogP) is 1.27. The Balaban J connectivity index is 1.75. The van der Waals surface area contributed by atoms with Crippen LogP contribution in [0, 0.1) is 10.1 Å². The number of nitrogens with one attached hydrogen (secondary N) is 1. The van der Waals surface area contributed by atoms with Crippen LogP contribution in [0.3, 0.4) is 0 Å². The first-order valence-corrected chi connectivity index (χ1v) is 7.06. The molecule has 19 heavy (non-hydrogen) atoms. The summed E-state index contributed by atoms with van der Waals surface area (Å²) in [6.45, 7) is 3.53. The third kappa shape index (κ3) is 3.97. The SMILES string of the molecule is O=C(NCCN1CCCCC1)c1cc([N+](=O)[O-])sn1. The van der Waals surface area contributed by atoms with E-state index in [1.54, 1.807) is 0 Å². The third-order valence-electron chi connectivity index (χ3n) is 3.07. The number of piperidine rings is 1. The summed E-state index contributed by atoms with van der Waals surface area (Å²) in [6, 6.07) is 1.21. The van der Waals surface area contributed by atoms with Crippen LogP contribution in [-0.2, 0) is 0 Å². The Morgan fingerprint density at radius 1 is 1.47 bits per heavy atom. The molecule has 0 bridgehead atoms. The molecule has 0 aromatic carbocycles. The van der Waals surface area contributed by atoms with Crippen molar-refractivity contribution in [3.05, 3.63) is 21.9 Å². The second kappa shape index (κ2) is 6.58. The van der Waals surface area contributed by atoms with Gasteiger partial charge in [0.25, 0.3) is 5.91 Å². The average Bonchev–Trinajstić information content (AvgIpc) is 2.89. The Morgan fingerprint density at radius 3 is 2.84 bits per heavy atom. The first-order valence-electron chi connectivity index (χ1n) is 6.28. The van der Waals surface area contributed by atoms with Crippen molar-refractivity contribution in [2.24, 2.45) is 0 Å². The highest BCUT2D eigenvalue weighted by Crippen LogP contribution is 2.18. The minimum atomic E-state index is -0.540. The fourth-order valence-corrected chi connectivity index (χ4v) is 2.62. The number of nitro groups is 1. The first-order chi connectivity index (χ1) is 9.16. The van der Waals surface area contributed by atoms with Crippen molar-refractivity contribution in [1.29, 1.82) is 0 Å². The molecule has 0 aliphatic carbocycles. The highest BCUT2D eigenvalue weighted by atomic mass is 32.1. The zero-order chi connectivity index (χ0) is 13.7. The van der Waals surface area contributed by atoms with Gasteiger partial charge in [0, 0.05) is 24.6 Å². The summed E-state index contributed by atoms with van der Waals surface area (Å²) in [5.74, 6) is -0.346. The van der Waals surface area contributed by atoms with Crippen molar-refractivity contribution in [2.75, 3.05) is 26.2 Å². The predicted molar refractivity (Wildman–Crippen MR) is 71.4 cm³/mol. The van der Waals surface area contributed by atoms with Gasteiger partial charge in [-0.05, 0) is 25.9 Å². The Hall–Kier alpha value is -1.54. The summed E-state index contributed by atoms with van der Waals surface area (Å²) in [5, 5.41) is 13.1. The van der Waals surface area contributed by atoms with Crippen molar-refractivity contribution in [3.63, 3.8) is 0 Å². The monoisotopic (exact) mass is 284 g/mol. The highest BCUT2D eigenvalue weighted by Gasteiger charge is 2.17. The second-order valence-corrected chi connectivity index (χ2v) is 5.25. The van der Waals surface area contributed by atoms with E-state index >= 15 is 0 Å². The summed E-state index contributed by atoms with van der Waals surface area (Å²) in [5.41, 5.74) is 0.121. The van der Waals surface area contributed by atoms with E-state index in [0.29, 0.717) is 6.54 Å². The van der Waals surface area contributed by atoms with Gasteiger partial charge in [-0.25, -0.2) is 0 Å². The fourth-order valence-electron chi connectivity index (χ4n) is 2.06. The van der Waals surface area contributed by atoms with Gasteiger partial charge < -0.3 is 10.2 Å². The van der Waals surface area contributed by atoms with Crippen LogP contribution in [0.4, 0.5) is 5.00 Å². The van der Waals surface area contributed by atoms with E-state index in [9.17, 15) is 14.9 Å². The van der Waals surface area contributed by atoms with Crippen molar-refractivity contribution >= 4 is 22.4 Å². The zero-order valence-electron chi connectivity index (χ0n) is 10.5. The number of carbonyl (C=O) groups is 1. The molecule has 0 saturated carbocycles. The van der Waals surface area contributed by atoms with Crippen LogP contribution in [0.25, 0.3) is 0 Å². The summed E-state index contributed by atoms with van der Waals surface area (Å²) < 4.78 is 3.78. The standard InChI is InChI=1S/C11H16N4O3S/c16-11(9-8-10(15(17)18)19-13-9)12-4-7-14-5-2-1-3-6-14/h8H,1-7H2,(H,12,16). The van der Waals surface area contributed by atoms with E-state index in [0.717, 1.165) is 31.2 Å². The van der Waals surface area contributed by atoms with Gasteiger partial charge in [-0.2, -0.15) is 4.37 Å². The molecule has 1 fully saturated rings. The zero-order valence-corrected chi connectivity index (χ0v) is 11.3. The van der Waals surface area contributed by atoms with Gasteiger partial charge in [-0.3, -0.25) is 14.9 Å². The van der Waals surface area contributed by atoms with Crippen molar-refractivity contribution in [1.82, 2.24) is 14.6 Å². The molecule has 1 aliphatic heterocycles. The average molecular weight is 284 g/mol. The van der Waals surface area contributed by atoms with Gasteiger partial charge >= 0.3 is 5.00 Å². The van der Waals surface area contributed by atoms with E-state index in [-0.39, 0.29) is 16.6 Å². The molecule has 1 saturated heterocycles. The highest BCUT2D eigenvalue weighted by molar-refractivity contribution is 7.09. The van der Waals surface area contributed by atoms with Gasteiger partial charge in [0.05, 0.1) is 11.0 Å². The quantitative estimate of drug-likeness (QED) is 0.649. The van der Waals surface area contributed by atoms with Gasteiger partial charge in [0.15, 0.2) is 0 Å². The van der Waals surface area contributed by atoms with Crippen LogP contribution < -0.4 is 5.32 Å². The molecule has 104 valence electrons. The Labute approximate surface area is 114 Å². The molecular weight excluding hydrogens is 268 g/mol. The summed E-state index contributed by atoms with van der Waals surface area (Å²) in [4.78, 5) is 24.0. The molecule has 0 unspecified atom stereocenters. The number of hydrogen-bond donors (Lipinski definition) is 1. The molecule has 1 aromatic rings. The molecule has 1 amide bonds. The number of amides is 1. The molecule has 1 N–H and O–H groups in total. The third-order valence-corrected chi connectivity index (χ3v) is 3.81. The molecule has 8 heteroatoms. The lowest BCUT2D eigenvalue weighted by Gasteiger charge is -2.26. The van der Waals surface area contributed by atoms with E-state index < -0.39 is 4.92 Å². The fraction of sp³-hybridized carbons (Fsp3) is 0.636. The van der Waals surface area contributed by atoms with Gasteiger partial charge in [0.1, 0.15) is 5.69 Å². The Bertz CT molecular complexity index is 457. The van der Waals surface area contributed by atoms with E-state index in [1.165, 1.54) is 25.3 Å². The number of aromatic nitrogens is 1. The minimum Gasteiger partial charge on any atom is -0.349 e. The summed E-state index contributed by atoms with van der Waals surface area (Å²) in [6.07, 6.45) is 3.71. The lowest BCUT2D eigenvalue weighted by molar-refractivity contribution is -0.380. The van der Waals surface area contributed by atoms with Crippen molar-refractivity contribution in [2.45, 2.75) is 19.3 Å². The van der Waals surface area contributed by atoms with Crippen LogP contribution in [0.15, 0.2) is 6.07 Å². The number of hydrogen-bond acceptors (Lipinski definition) is 6. The smallest absolute Gasteiger partial charge is 0.343 e. The largest absolute Gasteiger partial charge is 0.349 e. The molecule has 2 heterocycles. The number of likely N-dealkylation sites (tertiary alicyclic amines) is 1. The van der Waals surface area contributed by atoms with Crippen LogP contribution in [0.1, 0.15) is 29.8 Å². The number of rotatable bonds is 5. The Kier molecular flexibility index (Phi) is 4.80. The summed E-state index contributed by atoms with van der Waals surface area (Å²) in [7, 11) is 0. The molecule has 0 atom stereocenters. The first kappa shape index (κ1) is 13.9. The topological polar surface area (TPSA) is 88.4 Å². The maximum absolute atomic E-state index is 11.7. The van der Waals surface area contributed by atoms with E-state index in [1.807, 2.05) is 0 Å². The molecule has 0 radical (unpaired) electrons. The molecule has 0 spiro atoms. The van der Waals surface area contributed by atoms with Gasteiger partial charge in [0.2, 0.25) is 0 Å². The second-order valence-electron chi connectivity index (χ2n) is 4.47. The van der Waals surface area contributed by atoms with Crippen LogP contribution in [0.5, 0.6) is 0 Å². The van der Waals surface area contributed by atoms with Crippen molar-refractivity contribution in [3.8, 4) is 0 Å². The molecule has 1 aliphatic rings. The molecule has 1 aromatic heterocycles. The maximum Gasteiger partial charge on any atom is 0.343 e. The normalized spacial score (nSPS) is 16.2. The number of carbonyl (C=O) groups excluding carboxylic acids is 1. The lowest BCUT2D eigenvalue weighted by atomic mass is 10.1. The van der Waals surface area contributed by atoms with Crippen LogP contribution in [-0.4, -0.2) is 46.3 Å². The van der Waals surface area contributed by atoms with E-state index in [4.69, 9.17) is 0 Å². The summed E-state index contributed by atoms with van der Waals surface area (Å²) >= 11 is 0.727. The molecular formula is C11H16N4O3S. The lowest BCUT2D eigenvalue weighted by Crippen LogP contribution is -2.37. The van der Waals surface area contributed by atoms with Gasteiger partial charge in [-0.1, -0.05) is 6.42 Å². The van der Waals surface area contributed by atoms with E-state index in [2.05, 4.69) is 14.6 Å². The Morgan fingerprint density at radius 2 is 2.21 bits per heavy atom. The van der Waals surface area contributed by atoms with Crippen LogP contribution in [0.2, 0.25) is 0 Å². The maximum atomic E-state index is 11.7. The van der Waals surface area contributed by atoms with Crippen LogP contribution >= 0.6 is 11.5 Å².